The molecule has 0 spiro atoms. The predicted molar refractivity (Wildman–Crippen MR) is 91.8 cm³/mol. The van der Waals surface area contributed by atoms with Crippen molar-refractivity contribution in [2.75, 3.05) is 7.11 Å². The lowest BCUT2D eigenvalue weighted by Crippen LogP contribution is -2.37. The largest absolute Gasteiger partial charge is 0.468 e. The molecule has 1 N–H and O–H groups in total. The van der Waals surface area contributed by atoms with Crippen molar-refractivity contribution in [1.29, 1.82) is 0 Å². The average molecular weight is 355 g/mol. The van der Waals surface area contributed by atoms with Crippen LogP contribution in [0.3, 0.4) is 0 Å². The number of ether oxygens (including phenoxy) is 1. The Morgan fingerprint density at radius 1 is 1.26 bits per heavy atom. The number of rotatable bonds is 5. The first-order valence-electron chi connectivity index (χ1n) is 6.90. The molecule has 1 heterocycles. The Labute approximate surface area is 139 Å². The fourth-order valence-corrected chi connectivity index (χ4v) is 3.53. The number of hydrogen-bond acceptors (Lipinski definition) is 7. The lowest BCUT2D eigenvalue weighted by atomic mass is 10.1. The van der Waals surface area contributed by atoms with E-state index >= 15 is 0 Å². The van der Waals surface area contributed by atoms with Gasteiger partial charge in [0.2, 0.25) is 0 Å². The Kier molecular flexibility index (Phi) is 5.87. The molecule has 1 unspecified atom stereocenters. The van der Waals surface area contributed by atoms with E-state index in [1.165, 1.54) is 7.11 Å². The van der Waals surface area contributed by atoms with E-state index in [1.807, 2.05) is 30.3 Å². The van der Waals surface area contributed by atoms with Crippen LogP contribution in [0.5, 0.6) is 0 Å². The van der Waals surface area contributed by atoms with Gasteiger partial charge < -0.3 is 14.0 Å². The molecule has 1 aromatic rings. The minimum atomic E-state index is -3.08. The second kappa shape index (κ2) is 7.68. The third-order valence-corrected chi connectivity index (χ3v) is 5.11. The van der Waals surface area contributed by atoms with E-state index < -0.39 is 18.7 Å². The number of carbonyl (C=O) groups excluding carboxylic acids is 1. The molecule has 0 saturated heterocycles. The van der Waals surface area contributed by atoms with E-state index in [9.17, 15) is 4.79 Å². The van der Waals surface area contributed by atoms with Gasteiger partial charge in [0, 0.05) is 11.8 Å². The quantitative estimate of drug-likeness (QED) is 0.645. The summed E-state index contributed by atoms with van der Waals surface area (Å²) in [6.07, 6.45) is 0.379. The molecule has 0 saturated carbocycles. The number of methoxy groups -OCH3 is 1. The molecule has 0 fully saturated rings. The van der Waals surface area contributed by atoms with Crippen molar-refractivity contribution >= 4 is 35.8 Å². The second-order valence-electron chi connectivity index (χ2n) is 4.91. The molecule has 1 aliphatic heterocycles. The van der Waals surface area contributed by atoms with Crippen LogP contribution in [0.2, 0.25) is 0 Å². The summed E-state index contributed by atoms with van der Waals surface area (Å²) in [6.45, 7) is 0.378. The number of hydrogen-bond donors (Lipinski definition) is 1. The molecule has 1 aromatic carbocycles. The Balaban J connectivity index is 2.17. The molecule has 0 aliphatic carbocycles. The Morgan fingerprint density at radius 3 is 2.35 bits per heavy atom. The predicted octanol–water partition coefficient (Wildman–Crippen LogP) is 2.38. The number of benzene rings is 1. The van der Waals surface area contributed by atoms with E-state index in [4.69, 9.17) is 25.8 Å². The van der Waals surface area contributed by atoms with Gasteiger partial charge in [-0.3, -0.25) is 4.79 Å². The number of esters is 1. The van der Waals surface area contributed by atoms with Crippen LogP contribution in [-0.4, -0.2) is 30.5 Å². The maximum absolute atomic E-state index is 12.1. The fourth-order valence-electron chi connectivity index (χ4n) is 1.79. The minimum absolute atomic E-state index is 0.379. The molecule has 2 rings (SSSR count). The smallest absolute Gasteiger partial charge is 0.408 e. The monoisotopic (exact) mass is 355 g/mol. The van der Waals surface area contributed by atoms with Crippen LogP contribution in [-0.2, 0) is 37.0 Å². The first kappa shape index (κ1) is 17.6. The standard InChI is InChI=1S/C14H18N3O4PS/c1-10-11(2)16-21-22(23,20-15-10)17-13(14(18)19-3)9-12-7-5-4-6-8-12/h4-8,13H,9H2,1-3H3,(H,17,23). The molecule has 1 aliphatic rings. The maximum Gasteiger partial charge on any atom is 0.408 e. The fraction of sp³-hybridized carbons (Fsp3) is 0.357. The molecule has 1 atom stereocenters. The zero-order valence-corrected chi connectivity index (χ0v) is 14.8. The summed E-state index contributed by atoms with van der Waals surface area (Å²) in [5, 5.41) is 10.7. The van der Waals surface area contributed by atoms with Crippen LogP contribution >= 0.6 is 6.64 Å². The van der Waals surface area contributed by atoms with Gasteiger partial charge in [0.25, 0.3) is 0 Å². The van der Waals surface area contributed by atoms with Crippen molar-refractivity contribution in [3.05, 3.63) is 35.9 Å². The molecule has 7 nitrogen and oxygen atoms in total. The number of oxime groups is 2. The third-order valence-electron chi connectivity index (χ3n) is 3.18. The normalized spacial score (nSPS) is 17.7. The molecule has 124 valence electrons. The molecular weight excluding hydrogens is 337 g/mol. The van der Waals surface area contributed by atoms with Gasteiger partial charge in [0.15, 0.2) is 0 Å². The Bertz CT molecular complexity index is 654. The highest BCUT2D eigenvalue weighted by molar-refractivity contribution is 8.09. The average Bonchev–Trinajstić information content (AvgIpc) is 2.68. The van der Waals surface area contributed by atoms with Crippen molar-refractivity contribution in [2.45, 2.75) is 26.3 Å². The van der Waals surface area contributed by atoms with E-state index in [2.05, 4.69) is 15.4 Å². The first-order chi connectivity index (χ1) is 10.9. The van der Waals surface area contributed by atoms with Gasteiger partial charge in [0.1, 0.15) is 17.5 Å². The van der Waals surface area contributed by atoms with Gasteiger partial charge in [-0.2, -0.15) is 0 Å². The Morgan fingerprint density at radius 2 is 1.83 bits per heavy atom. The highest BCUT2D eigenvalue weighted by Gasteiger charge is 2.33. The van der Waals surface area contributed by atoms with Crippen LogP contribution in [0, 0.1) is 0 Å². The molecule has 9 heteroatoms. The van der Waals surface area contributed by atoms with Crippen LogP contribution in [0.25, 0.3) is 0 Å². The lowest BCUT2D eigenvalue weighted by molar-refractivity contribution is -0.142. The highest BCUT2D eigenvalue weighted by atomic mass is 32.5. The summed E-state index contributed by atoms with van der Waals surface area (Å²) in [5.74, 6) is -0.462. The topological polar surface area (TPSA) is 81.5 Å². The summed E-state index contributed by atoms with van der Waals surface area (Å²) >= 11 is 5.34. The first-order valence-corrected chi connectivity index (χ1v) is 9.54. The van der Waals surface area contributed by atoms with Gasteiger partial charge in [-0.1, -0.05) is 40.6 Å². The Hall–Kier alpha value is -1.76. The van der Waals surface area contributed by atoms with Crippen molar-refractivity contribution in [2.24, 2.45) is 10.3 Å². The van der Waals surface area contributed by atoms with Gasteiger partial charge in [-0.15, -0.1) is 0 Å². The zero-order valence-electron chi connectivity index (χ0n) is 13.1. The lowest BCUT2D eigenvalue weighted by Gasteiger charge is -2.22. The van der Waals surface area contributed by atoms with E-state index in [1.54, 1.807) is 13.8 Å². The number of nitrogens with one attached hydrogen (secondary N) is 1. The molecule has 0 amide bonds. The van der Waals surface area contributed by atoms with Crippen LogP contribution in [0.1, 0.15) is 19.4 Å². The molecule has 0 aromatic heterocycles. The van der Waals surface area contributed by atoms with E-state index in [0.29, 0.717) is 17.8 Å². The van der Waals surface area contributed by atoms with Gasteiger partial charge in [-0.25, -0.2) is 5.09 Å². The molecular formula is C14H18N3O4PS. The van der Waals surface area contributed by atoms with Gasteiger partial charge in [0.05, 0.1) is 7.11 Å². The number of carbonyl (C=O) groups is 1. The summed E-state index contributed by atoms with van der Waals surface area (Å²) in [6, 6.07) is 8.77. The maximum atomic E-state index is 12.1. The molecule has 23 heavy (non-hydrogen) atoms. The molecule has 0 radical (unpaired) electrons. The highest BCUT2D eigenvalue weighted by Crippen LogP contribution is 2.46. The van der Waals surface area contributed by atoms with Gasteiger partial charge >= 0.3 is 12.6 Å². The van der Waals surface area contributed by atoms with Crippen LogP contribution in [0.15, 0.2) is 40.6 Å². The molecule has 0 bridgehead atoms. The van der Waals surface area contributed by atoms with Crippen molar-refractivity contribution < 1.29 is 18.8 Å². The summed E-state index contributed by atoms with van der Waals surface area (Å²) in [4.78, 5) is 12.1. The zero-order chi connectivity index (χ0) is 16.9. The minimum Gasteiger partial charge on any atom is -0.468 e. The second-order valence-corrected chi connectivity index (χ2v) is 7.93. The van der Waals surface area contributed by atoms with Crippen molar-refractivity contribution in [3.8, 4) is 0 Å². The van der Waals surface area contributed by atoms with Gasteiger partial charge in [-0.05, 0) is 25.8 Å². The van der Waals surface area contributed by atoms with E-state index in [-0.39, 0.29) is 0 Å². The number of nitrogens with zero attached hydrogens (tertiary/aromatic N) is 2. The van der Waals surface area contributed by atoms with Crippen LogP contribution in [0.4, 0.5) is 0 Å². The van der Waals surface area contributed by atoms with Crippen LogP contribution < -0.4 is 5.09 Å². The summed E-state index contributed by atoms with van der Waals surface area (Å²) in [7, 11) is 1.32. The van der Waals surface area contributed by atoms with E-state index in [0.717, 1.165) is 5.56 Å². The van der Waals surface area contributed by atoms with Crippen molar-refractivity contribution in [1.82, 2.24) is 5.09 Å². The third kappa shape index (κ3) is 4.86. The summed E-state index contributed by atoms with van der Waals surface area (Å²) in [5.41, 5.74) is 2.08. The van der Waals surface area contributed by atoms with Crippen molar-refractivity contribution in [3.63, 3.8) is 0 Å². The summed E-state index contributed by atoms with van der Waals surface area (Å²) < 4.78 is 15.4. The SMILES string of the molecule is COC(=O)C(Cc1ccccc1)NP1(=S)ON=C(C)C(C)=NO1.